The number of benzene rings is 2. The summed E-state index contributed by atoms with van der Waals surface area (Å²) in [6.45, 7) is 6.23. The zero-order valence-corrected chi connectivity index (χ0v) is 13.8. The summed E-state index contributed by atoms with van der Waals surface area (Å²) in [5.74, 6) is 1.66. The second-order valence-electron chi connectivity index (χ2n) is 5.49. The van der Waals surface area contributed by atoms with Gasteiger partial charge in [0.2, 0.25) is 0 Å². The van der Waals surface area contributed by atoms with Crippen molar-refractivity contribution in [1.29, 1.82) is 0 Å². The van der Waals surface area contributed by atoms with E-state index in [0.29, 0.717) is 11.5 Å². The highest BCUT2D eigenvalue weighted by molar-refractivity contribution is 8.17. The van der Waals surface area contributed by atoms with Crippen LogP contribution in [0.25, 0.3) is 0 Å². The molecule has 3 heteroatoms. The maximum absolute atomic E-state index is 10.3. The molecule has 2 rings (SSSR count). The van der Waals surface area contributed by atoms with Crippen molar-refractivity contribution in [1.82, 2.24) is 0 Å². The second-order valence-corrected chi connectivity index (χ2v) is 7.76. The van der Waals surface area contributed by atoms with Gasteiger partial charge in [-0.15, -0.1) is 0 Å². The first kappa shape index (κ1) is 15.8. The van der Waals surface area contributed by atoms with Gasteiger partial charge in [0.15, 0.2) is 0 Å². The first-order valence-corrected chi connectivity index (χ1v) is 8.92. The highest BCUT2D eigenvalue weighted by Crippen LogP contribution is 2.52. The predicted octanol–water partition coefficient (Wildman–Crippen LogP) is 4.93. The molecule has 0 amide bonds. The van der Waals surface area contributed by atoms with Crippen molar-refractivity contribution < 1.29 is 10.2 Å². The van der Waals surface area contributed by atoms with Crippen molar-refractivity contribution >= 4 is 10.9 Å². The Kier molecular flexibility index (Phi) is 5.18. The van der Waals surface area contributed by atoms with Gasteiger partial charge in [-0.25, -0.2) is 0 Å². The minimum Gasteiger partial charge on any atom is -0.507 e. The topological polar surface area (TPSA) is 40.5 Å². The first-order valence-electron chi connectivity index (χ1n) is 7.39. The van der Waals surface area contributed by atoms with Gasteiger partial charge in [-0.2, -0.15) is 10.9 Å². The average Bonchev–Trinajstić information content (AvgIpc) is 2.46. The Morgan fingerprint density at radius 1 is 0.857 bits per heavy atom. The lowest BCUT2D eigenvalue weighted by Crippen LogP contribution is -1.95. The number of thiol groups is 1. The van der Waals surface area contributed by atoms with Gasteiger partial charge in [-0.1, -0.05) is 25.5 Å². The molecule has 2 aromatic rings. The number of unbranched alkanes of at least 4 members (excludes halogenated alkanes) is 1. The molecule has 2 N–H and O–H groups in total. The van der Waals surface area contributed by atoms with Crippen LogP contribution in [-0.2, 0) is 0 Å². The first-order chi connectivity index (χ1) is 10.0. The lowest BCUT2D eigenvalue weighted by atomic mass is 10.2. The fourth-order valence-electron chi connectivity index (χ4n) is 2.39. The standard InChI is InChI=1S/C18H24O2S/c1-4-5-10-21(17-11-13(2)6-8-15(17)19)18-12-14(3)7-9-16(18)20/h6-9,11-12,19-21H,4-5,10H2,1-3H3. The van der Waals surface area contributed by atoms with Gasteiger partial charge >= 0.3 is 0 Å². The molecule has 0 bridgehead atoms. The third-order valence-electron chi connectivity index (χ3n) is 3.58. The van der Waals surface area contributed by atoms with E-state index < -0.39 is 10.9 Å². The van der Waals surface area contributed by atoms with Crippen LogP contribution in [0.15, 0.2) is 46.2 Å². The number of hydrogen-bond acceptors (Lipinski definition) is 2. The van der Waals surface area contributed by atoms with E-state index in [2.05, 4.69) is 19.1 Å². The molecule has 0 spiro atoms. The van der Waals surface area contributed by atoms with Crippen LogP contribution in [-0.4, -0.2) is 16.0 Å². The Hall–Kier alpha value is -1.61. The highest BCUT2D eigenvalue weighted by atomic mass is 32.2. The molecule has 0 saturated carbocycles. The third-order valence-corrected chi connectivity index (χ3v) is 6.22. The van der Waals surface area contributed by atoms with E-state index in [-0.39, 0.29) is 0 Å². The molecule has 0 heterocycles. The zero-order valence-electron chi connectivity index (χ0n) is 12.9. The smallest absolute Gasteiger partial charge is 0.127 e. The molecule has 0 aromatic heterocycles. The van der Waals surface area contributed by atoms with Crippen molar-refractivity contribution in [2.45, 2.75) is 43.4 Å². The fraction of sp³-hybridized carbons (Fsp3) is 0.333. The third kappa shape index (κ3) is 3.73. The van der Waals surface area contributed by atoms with E-state index in [1.165, 1.54) is 0 Å². The lowest BCUT2D eigenvalue weighted by molar-refractivity contribution is 0.459. The van der Waals surface area contributed by atoms with Crippen LogP contribution < -0.4 is 0 Å². The molecule has 2 aromatic carbocycles. The SMILES string of the molecule is CCCC[SH](c1cc(C)ccc1O)c1cc(C)ccc1O. The van der Waals surface area contributed by atoms with Gasteiger partial charge in [-0.05, 0) is 61.4 Å². The van der Waals surface area contributed by atoms with Gasteiger partial charge in [0.1, 0.15) is 11.5 Å². The predicted molar refractivity (Wildman–Crippen MR) is 91.0 cm³/mol. The highest BCUT2D eigenvalue weighted by Gasteiger charge is 2.17. The number of aryl methyl sites for hydroxylation is 2. The summed E-state index contributed by atoms with van der Waals surface area (Å²) >= 11 is 0. The molecule has 0 fully saturated rings. The van der Waals surface area contributed by atoms with Crippen LogP contribution >= 0.6 is 10.9 Å². The Morgan fingerprint density at radius 2 is 1.33 bits per heavy atom. The quantitative estimate of drug-likeness (QED) is 0.685. The molecule has 0 radical (unpaired) electrons. The summed E-state index contributed by atoms with van der Waals surface area (Å²) in [5, 5.41) is 20.5. The van der Waals surface area contributed by atoms with E-state index in [9.17, 15) is 10.2 Å². The van der Waals surface area contributed by atoms with Crippen LogP contribution in [0.1, 0.15) is 30.9 Å². The minimum absolute atomic E-state index is 0.337. The van der Waals surface area contributed by atoms with Crippen LogP contribution in [0.2, 0.25) is 0 Å². The van der Waals surface area contributed by atoms with Gasteiger partial charge in [0.05, 0.1) is 0 Å². The van der Waals surface area contributed by atoms with E-state index in [4.69, 9.17) is 0 Å². The molecule has 21 heavy (non-hydrogen) atoms. The fourth-order valence-corrected chi connectivity index (χ4v) is 5.18. The van der Waals surface area contributed by atoms with E-state index in [1.807, 2.05) is 26.0 Å². The van der Waals surface area contributed by atoms with Gasteiger partial charge < -0.3 is 10.2 Å². The van der Waals surface area contributed by atoms with Crippen molar-refractivity contribution in [3.8, 4) is 11.5 Å². The van der Waals surface area contributed by atoms with E-state index >= 15 is 0 Å². The van der Waals surface area contributed by atoms with Crippen molar-refractivity contribution in [3.05, 3.63) is 47.5 Å². The van der Waals surface area contributed by atoms with Crippen molar-refractivity contribution in [3.63, 3.8) is 0 Å². The number of aromatic hydroxyl groups is 2. The number of phenols is 2. The van der Waals surface area contributed by atoms with Gasteiger partial charge in [0.25, 0.3) is 0 Å². The number of hydrogen-bond donors (Lipinski definition) is 3. The Morgan fingerprint density at radius 3 is 1.76 bits per heavy atom. The lowest BCUT2D eigenvalue weighted by Gasteiger charge is -2.25. The zero-order chi connectivity index (χ0) is 15.4. The van der Waals surface area contributed by atoms with Gasteiger partial charge in [-0.3, -0.25) is 0 Å². The number of phenolic OH excluding ortho intramolecular Hbond substituents is 2. The molecular weight excluding hydrogens is 280 g/mol. The van der Waals surface area contributed by atoms with E-state index in [0.717, 1.165) is 39.5 Å². The molecule has 0 unspecified atom stereocenters. The monoisotopic (exact) mass is 304 g/mol. The molecule has 2 nitrogen and oxygen atoms in total. The summed E-state index contributed by atoms with van der Waals surface area (Å²) in [4.78, 5) is 1.94. The van der Waals surface area contributed by atoms with Crippen LogP contribution in [0.3, 0.4) is 0 Å². The van der Waals surface area contributed by atoms with Crippen LogP contribution in [0, 0.1) is 13.8 Å². The Bertz CT molecular complexity index is 571. The largest absolute Gasteiger partial charge is 0.507 e. The summed E-state index contributed by atoms with van der Waals surface area (Å²) < 4.78 is 0. The van der Waals surface area contributed by atoms with Gasteiger partial charge in [0, 0.05) is 9.79 Å². The maximum Gasteiger partial charge on any atom is 0.127 e. The van der Waals surface area contributed by atoms with Crippen LogP contribution in [0.5, 0.6) is 11.5 Å². The normalized spacial score (nSPS) is 11.5. The summed E-state index contributed by atoms with van der Waals surface area (Å²) in [7, 11) is -0.731. The molecule has 0 saturated heterocycles. The molecule has 0 aliphatic heterocycles. The molecule has 0 atom stereocenters. The molecule has 114 valence electrons. The second kappa shape index (κ2) is 6.90. The molecule has 0 aliphatic rings. The molecular formula is C18H24O2S. The maximum atomic E-state index is 10.3. The van der Waals surface area contributed by atoms with Crippen molar-refractivity contribution in [2.24, 2.45) is 0 Å². The average molecular weight is 304 g/mol. The minimum atomic E-state index is -0.731. The summed E-state index contributed by atoms with van der Waals surface area (Å²) in [5.41, 5.74) is 2.28. The number of rotatable bonds is 5. The molecule has 0 aliphatic carbocycles. The summed E-state index contributed by atoms with van der Waals surface area (Å²) in [6.07, 6.45) is 2.20. The van der Waals surface area contributed by atoms with Crippen molar-refractivity contribution in [2.75, 3.05) is 5.75 Å². The van der Waals surface area contributed by atoms with Crippen LogP contribution in [0.4, 0.5) is 0 Å². The Labute approximate surface area is 129 Å². The van der Waals surface area contributed by atoms with E-state index in [1.54, 1.807) is 12.1 Å². The Balaban J connectivity index is 2.52. The summed E-state index contributed by atoms with van der Waals surface area (Å²) in [6, 6.07) is 11.5.